The summed E-state index contributed by atoms with van der Waals surface area (Å²) in [6.45, 7) is 4.76. The van der Waals surface area contributed by atoms with E-state index in [-0.39, 0.29) is 5.91 Å². The molecule has 1 aliphatic rings. The van der Waals surface area contributed by atoms with E-state index in [0.717, 1.165) is 50.9 Å². The third-order valence-corrected chi connectivity index (χ3v) is 4.18. The Bertz CT molecular complexity index is 245. The number of carbonyl (C=O) groups excluding carboxylic acids is 1. The van der Waals surface area contributed by atoms with Crippen LogP contribution in [0.25, 0.3) is 0 Å². The maximum Gasteiger partial charge on any atom is 0.220 e. The highest BCUT2D eigenvalue weighted by molar-refractivity contribution is 5.76. The van der Waals surface area contributed by atoms with Gasteiger partial charge < -0.3 is 10.4 Å². The summed E-state index contributed by atoms with van der Waals surface area (Å²) in [4.78, 5) is 11.8. The van der Waals surface area contributed by atoms with Crippen molar-refractivity contribution in [3.05, 3.63) is 0 Å². The Morgan fingerprint density at radius 3 is 2.47 bits per heavy atom. The fourth-order valence-electron chi connectivity index (χ4n) is 2.92. The minimum absolute atomic E-state index is 0.231. The number of aliphatic hydroxyl groups is 1. The van der Waals surface area contributed by atoms with E-state index in [2.05, 4.69) is 19.2 Å². The largest absolute Gasteiger partial charge is 0.396 e. The van der Waals surface area contributed by atoms with Crippen molar-refractivity contribution < 1.29 is 9.90 Å². The van der Waals surface area contributed by atoms with E-state index >= 15 is 0 Å². The number of nitrogens with one attached hydrogen (secondary N) is 1. The highest BCUT2D eigenvalue weighted by atomic mass is 16.3. The number of unbranched alkanes of at least 4 members (excludes halogenated alkanes) is 1. The Kier molecular flexibility index (Phi) is 8.11. The van der Waals surface area contributed by atoms with Crippen molar-refractivity contribution in [2.75, 3.05) is 6.61 Å². The maximum atomic E-state index is 11.8. The summed E-state index contributed by atoms with van der Waals surface area (Å²) >= 11 is 0. The summed E-state index contributed by atoms with van der Waals surface area (Å²) in [5.41, 5.74) is 0. The first kappa shape index (κ1) is 16.5. The molecule has 0 aromatic rings. The van der Waals surface area contributed by atoms with Gasteiger partial charge in [0.15, 0.2) is 0 Å². The number of amides is 1. The Morgan fingerprint density at radius 1 is 1.21 bits per heavy atom. The standard InChI is InChI=1S/C16H31NO2/c1-13(2)5-3-4-6-16(19)17-15-9-7-14(8-10-15)11-12-18/h13-15,18H,3-12H2,1-2H3,(H,17,19). The molecule has 1 rings (SSSR count). The lowest BCUT2D eigenvalue weighted by molar-refractivity contribution is -0.122. The van der Waals surface area contributed by atoms with Gasteiger partial charge in [0, 0.05) is 19.1 Å². The summed E-state index contributed by atoms with van der Waals surface area (Å²) in [7, 11) is 0. The predicted molar refractivity (Wildman–Crippen MR) is 78.9 cm³/mol. The molecule has 0 unspecified atom stereocenters. The molecule has 0 aliphatic heterocycles. The molecule has 2 N–H and O–H groups in total. The molecule has 0 bridgehead atoms. The van der Waals surface area contributed by atoms with E-state index in [4.69, 9.17) is 5.11 Å². The number of hydrogen-bond donors (Lipinski definition) is 2. The van der Waals surface area contributed by atoms with Crippen LogP contribution in [0.1, 0.15) is 71.6 Å². The molecule has 0 aromatic carbocycles. The number of aliphatic hydroxyl groups excluding tert-OH is 1. The molecule has 3 heteroatoms. The highest BCUT2D eigenvalue weighted by Gasteiger charge is 2.21. The molecule has 1 fully saturated rings. The van der Waals surface area contributed by atoms with Crippen molar-refractivity contribution in [1.29, 1.82) is 0 Å². The first-order valence-electron chi connectivity index (χ1n) is 8.02. The molecule has 0 atom stereocenters. The molecule has 0 aromatic heterocycles. The van der Waals surface area contributed by atoms with Crippen molar-refractivity contribution in [3.8, 4) is 0 Å². The van der Waals surface area contributed by atoms with Crippen LogP contribution in [0, 0.1) is 11.8 Å². The Labute approximate surface area is 118 Å². The van der Waals surface area contributed by atoms with Gasteiger partial charge >= 0.3 is 0 Å². The molecule has 112 valence electrons. The van der Waals surface area contributed by atoms with Crippen molar-refractivity contribution >= 4 is 5.91 Å². The molecule has 0 heterocycles. The Balaban J connectivity index is 2.06. The number of rotatable bonds is 8. The van der Waals surface area contributed by atoms with Gasteiger partial charge in [-0.15, -0.1) is 0 Å². The molecule has 1 aliphatic carbocycles. The Hall–Kier alpha value is -0.570. The highest BCUT2D eigenvalue weighted by Crippen LogP contribution is 2.26. The average molecular weight is 269 g/mol. The van der Waals surface area contributed by atoms with Crippen molar-refractivity contribution in [3.63, 3.8) is 0 Å². The minimum atomic E-state index is 0.231. The summed E-state index contributed by atoms with van der Waals surface area (Å²) in [6, 6.07) is 0.382. The van der Waals surface area contributed by atoms with Crippen LogP contribution >= 0.6 is 0 Å². The topological polar surface area (TPSA) is 49.3 Å². The monoisotopic (exact) mass is 269 g/mol. The van der Waals surface area contributed by atoms with E-state index in [1.807, 2.05) is 0 Å². The van der Waals surface area contributed by atoms with Gasteiger partial charge in [-0.3, -0.25) is 4.79 Å². The third kappa shape index (κ3) is 7.56. The lowest BCUT2D eigenvalue weighted by Gasteiger charge is -2.28. The van der Waals surface area contributed by atoms with Crippen LogP contribution in [0.2, 0.25) is 0 Å². The second-order valence-corrected chi connectivity index (χ2v) is 6.44. The van der Waals surface area contributed by atoms with Crippen molar-refractivity contribution in [2.45, 2.75) is 77.7 Å². The predicted octanol–water partition coefficient (Wildman–Crippen LogP) is 3.26. The molecule has 3 nitrogen and oxygen atoms in total. The zero-order chi connectivity index (χ0) is 14.1. The smallest absolute Gasteiger partial charge is 0.220 e. The minimum Gasteiger partial charge on any atom is -0.396 e. The van der Waals surface area contributed by atoms with Crippen LogP contribution in [0.5, 0.6) is 0 Å². The van der Waals surface area contributed by atoms with Crippen LogP contribution in [0.3, 0.4) is 0 Å². The summed E-state index contributed by atoms with van der Waals surface area (Å²) in [5, 5.41) is 12.1. The van der Waals surface area contributed by atoms with Crippen molar-refractivity contribution in [1.82, 2.24) is 5.32 Å². The van der Waals surface area contributed by atoms with Crippen LogP contribution < -0.4 is 5.32 Å². The zero-order valence-corrected chi connectivity index (χ0v) is 12.7. The van der Waals surface area contributed by atoms with Gasteiger partial charge in [0.25, 0.3) is 0 Å². The molecule has 1 saturated carbocycles. The van der Waals surface area contributed by atoms with Crippen LogP contribution in [-0.4, -0.2) is 23.7 Å². The second kappa shape index (κ2) is 9.35. The normalized spacial score (nSPS) is 23.6. The SMILES string of the molecule is CC(C)CCCCC(=O)NC1CCC(CCO)CC1. The quantitative estimate of drug-likeness (QED) is 0.664. The van der Waals surface area contributed by atoms with Crippen LogP contribution in [0.15, 0.2) is 0 Å². The molecular weight excluding hydrogens is 238 g/mol. The van der Waals surface area contributed by atoms with Crippen LogP contribution in [0.4, 0.5) is 0 Å². The fraction of sp³-hybridized carbons (Fsp3) is 0.938. The first-order chi connectivity index (χ1) is 9.11. The molecule has 1 amide bonds. The number of carbonyl (C=O) groups is 1. The second-order valence-electron chi connectivity index (χ2n) is 6.44. The lowest BCUT2D eigenvalue weighted by Crippen LogP contribution is -2.37. The van der Waals surface area contributed by atoms with E-state index in [0.29, 0.717) is 25.0 Å². The van der Waals surface area contributed by atoms with Crippen molar-refractivity contribution in [2.24, 2.45) is 11.8 Å². The zero-order valence-electron chi connectivity index (χ0n) is 12.7. The van der Waals surface area contributed by atoms with Gasteiger partial charge in [0.1, 0.15) is 0 Å². The molecule has 0 radical (unpaired) electrons. The van der Waals surface area contributed by atoms with E-state index in [1.165, 1.54) is 6.42 Å². The fourth-order valence-corrected chi connectivity index (χ4v) is 2.92. The summed E-state index contributed by atoms with van der Waals surface area (Å²) in [6.07, 6.45) is 9.49. The molecular formula is C16H31NO2. The molecule has 0 saturated heterocycles. The van der Waals surface area contributed by atoms with E-state index in [1.54, 1.807) is 0 Å². The van der Waals surface area contributed by atoms with E-state index < -0.39 is 0 Å². The molecule has 19 heavy (non-hydrogen) atoms. The number of hydrogen-bond acceptors (Lipinski definition) is 2. The van der Waals surface area contributed by atoms with Gasteiger partial charge in [-0.05, 0) is 50.4 Å². The van der Waals surface area contributed by atoms with Gasteiger partial charge in [-0.25, -0.2) is 0 Å². The van der Waals surface area contributed by atoms with Gasteiger partial charge in [-0.1, -0.05) is 26.7 Å². The third-order valence-electron chi connectivity index (χ3n) is 4.18. The molecule has 0 spiro atoms. The Morgan fingerprint density at radius 2 is 1.89 bits per heavy atom. The van der Waals surface area contributed by atoms with Gasteiger partial charge in [0.05, 0.1) is 0 Å². The van der Waals surface area contributed by atoms with E-state index in [9.17, 15) is 4.79 Å². The van der Waals surface area contributed by atoms with Crippen LogP contribution in [-0.2, 0) is 4.79 Å². The van der Waals surface area contributed by atoms with Gasteiger partial charge in [-0.2, -0.15) is 0 Å². The lowest BCUT2D eigenvalue weighted by atomic mass is 9.84. The average Bonchev–Trinajstić information content (AvgIpc) is 2.37. The van der Waals surface area contributed by atoms with Gasteiger partial charge in [0.2, 0.25) is 5.91 Å². The maximum absolute atomic E-state index is 11.8. The summed E-state index contributed by atoms with van der Waals surface area (Å²) < 4.78 is 0. The summed E-state index contributed by atoms with van der Waals surface area (Å²) in [5.74, 6) is 1.64. The first-order valence-corrected chi connectivity index (χ1v) is 8.02.